The number of rotatable bonds is 5. The Morgan fingerprint density at radius 1 is 1.04 bits per heavy atom. The molecule has 1 N–H and O–H groups in total. The summed E-state index contributed by atoms with van der Waals surface area (Å²) >= 11 is 0. The van der Waals surface area contributed by atoms with Crippen LogP contribution < -0.4 is 14.8 Å². The minimum Gasteiger partial charge on any atom is -0.486 e. The van der Waals surface area contributed by atoms with Crippen LogP contribution in [0.4, 0.5) is 0 Å². The van der Waals surface area contributed by atoms with E-state index in [1.807, 2.05) is 24.3 Å². The quantitative estimate of drug-likeness (QED) is 0.923. The summed E-state index contributed by atoms with van der Waals surface area (Å²) in [6.07, 6.45) is 1.25. The molecule has 4 heteroatoms. The fourth-order valence-corrected chi connectivity index (χ4v) is 2.61. The van der Waals surface area contributed by atoms with Crippen molar-refractivity contribution < 1.29 is 14.3 Å². The standard InChI is InChI=1S/C19H21NO3/c1-14-3-2-4-15(11-14)6-8-19(21)20-13-16-5-7-17-18(12-16)23-10-9-22-17/h2-5,7,11-12H,6,8-10,13H2,1H3,(H,20,21). The van der Waals surface area contributed by atoms with Gasteiger partial charge in [0.05, 0.1) is 0 Å². The summed E-state index contributed by atoms with van der Waals surface area (Å²) in [5.41, 5.74) is 3.43. The van der Waals surface area contributed by atoms with Crippen LogP contribution >= 0.6 is 0 Å². The summed E-state index contributed by atoms with van der Waals surface area (Å²) in [5.74, 6) is 1.58. The van der Waals surface area contributed by atoms with Crippen molar-refractivity contribution >= 4 is 5.91 Å². The molecule has 0 aromatic heterocycles. The van der Waals surface area contributed by atoms with Crippen molar-refractivity contribution in [1.82, 2.24) is 5.32 Å². The SMILES string of the molecule is Cc1cccc(CCC(=O)NCc2ccc3c(c2)OCCO3)c1. The van der Waals surface area contributed by atoms with Gasteiger partial charge in [0, 0.05) is 13.0 Å². The zero-order valence-corrected chi connectivity index (χ0v) is 13.3. The maximum Gasteiger partial charge on any atom is 0.220 e. The van der Waals surface area contributed by atoms with Crippen LogP contribution in [0.3, 0.4) is 0 Å². The van der Waals surface area contributed by atoms with E-state index in [4.69, 9.17) is 9.47 Å². The monoisotopic (exact) mass is 311 g/mol. The number of nitrogens with one attached hydrogen (secondary N) is 1. The van der Waals surface area contributed by atoms with Crippen molar-refractivity contribution in [3.05, 3.63) is 59.2 Å². The topological polar surface area (TPSA) is 47.6 Å². The van der Waals surface area contributed by atoms with Crippen LogP contribution in [-0.4, -0.2) is 19.1 Å². The Balaban J connectivity index is 1.49. The summed E-state index contributed by atoms with van der Waals surface area (Å²) in [4.78, 5) is 12.0. The van der Waals surface area contributed by atoms with Crippen molar-refractivity contribution in [2.45, 2.75) is 26.3 Å². The fourth-order valence-electron chi connectivity index (χ4n) is 2.61. The highest BCUT2D eigenvalue weighted by molar-refractivity contribution is 5.76. The van der Waals surface area contributed by atoms with Crippen molar-refractivity contribution in [2.24, 2.45) is 0 Å². The maximum absolute atomic E-state index is 12.0. The number of ether oxygens (including phenoxy) is 2. The number of aryl methyl sites for hydroxylation is 2. The molecule has 0 aliphatic carbocycles. The van der Waals surface area contributed by atoms with Gasteiger partial charge in [0.2, 0.25) is 5.91 Å². The highest BCUT2D eigenvalue weighted by Gasteiger charge is 2.12. The first kappa shape index (κ1) is 15.4. The Labute approximate surface area is 136 Å². The van der Waals surface area contributed by atoms with E-state index in [1.54, 1.807) is 0 Å². The van der Waals surface area contributed by atoms with Crippen LogP contribution in [0, 0.1) is 6.92 Å². The number of fused-ring (bicyclic) bond motifs is 1. The molecular weight excluding hydrogens is 290 g/mol. The second kappa shape index (κ2) is 7.18. The number of hydrogen-bond donors (Lipinski definition) is 1. The fraction of sp³-hybridized carbons (Fsp3) is 0.316. The summed E-state index contributed by atoms with van der Waals surface area (Å²) < 4.78 is 11.0. The van der Waals surface area contributed by atoms with Gasteiger partial charge >= 0.3 is 0 Å². The molecule has 1 amide bonds. The van der Waals surface area contributed by atoms with Gasteiger partial charge in [-0.05, 0) is 36.6 Å². The third kappa shape index (κ3) is 4.25. The second-order valence-corrected chi connectivity index (χ2v) is 5.74. The number of carbonyl (C=O) groups excluding carboxylic acids is 1. The van der Waals surface area contributed by atoms with E-state index in [9.17, 15) is 4.79 Å². The first-order chi connectivity index (χ1) is 11.2. The highest BCUT2D eigenvalue weighted by Crippen LogP contribution is 2.30. The van der Waals surface area contributed by atoms with E-state index in [0.29, 0.717) is 26.2 Å². The molecule has 0 bridgehead atoms. The van der Waals surface area contributed by atoms with Crippen LogP contribution in [0.25, 0.3) is 0 Å². The molecule has 1 aliphatic rings. The van der Waals surface area contributed by atoms with E-state index in [1.165, 1.54) is 11.1 Å². The van der Waals surface area contributed by atoms with Crippen LogP contribution in [0.2, 0.25) is 0 Å². The minimum atomic E-state index is 0.0568. The lowest BCUT2D eigenvalue weighted by atomic mass is 10.1. The number of carbonyl (C=O) groups is 1. The van der Waals surface area contributed by atoms with E-state index < -0.39 is 0 Å². The van der Waals surface area contributed by atoms with Crippen LogP contribution in [0.1, 0.15) is 23.1 Å². The van der Waals surface area contributed by atoms with Crippen LogP contribution in [-0.2, 0) is 17.8 Å². The average molecular weight is 311 g/mol. The summed E-state index contributed by atoms with van der Waals surface area (Å²) in [6, 6.07) is 14.0. The Kier molecular flexibility index (Phi) is 4.81. The predicted molar refractivity (Wildman–Crippen MR) is 88.8 cm³/mol. The van der Waals surface area contributed by atoms with Gasteiger partial charge < -0.3 is 14.8 Å². The van der Waals surface area contributed by atoms with E-state index in [0.717, 1.165) is 23.5 Å². The molecule has 0 unspecified atom stereocenters. The molecule has 1 heterocycles. The molecule has 120 valence electrons. The number of benzene rings is 2. The molecule has 0 atom stereocenters. The van der Waals surface area contributed by atoms with Gasteiger partial charge in [-0.2, -0.15) is 0 Å². The summed E-state index contributed by atoms with van der Waals surface area (Å²) in [7, 11) is 0. The second-order valence-electron chi connectivity index (χ2n) is 5.74. The molecule has 1 aliphatic heterocycles. The minimum absolute atomic E-state index is 0.0568. The molecule has 0 saturated carbocycles. The highest BCUT2D eigenvalue weighted by atomic mass is 16.6. The molecule has 0 saturated heterocycles. The lowest BCUT2D eigenvalue weighted by molar-refractivity contribution is -0.121. The third-order valence-electron chi connectivity index (χ3n) is 3.82. The van der Waals surface area contributed by atoms with Gasteiger partial charge in [0.15, 0.2) is 11.5 Å². The molecule has 0 fully saturated rings. The smallest absolute Gasteiger partial charge is 0.220 e. The van der Waals surface area contributed by atoms with Gasteiger partial charge in [-0.15, -0.1) is 0 Å². The first-order valence-electron chi connectivity index (χ1n) is 7.91. The molecule has 0 radical (unpaired) electrons. The van der Waals surface area contributed by atoms with Gasteiger partial charge in [-0.1, -0.05) is 35.9 Å². The molecule has 2 aromatic rings. The number of hydrogen-bond acceptors (Lipinski definition) is 3. The van der Waals surface area contributed by atoms with E-state index in [2.05, 4.69) is 30.4 Å². The van der Waals surface area contributed by atoms with Gasteiger partial charge in [0.25, 0.3) is 0 Å². The Bertz CT molecular complexity index is 697. The third-order valence-corrected chi connectivity index (χ3v) is 3.82. The van der Waals surface area contributed by atoms with Crippen molar-refractivity contribution in [3.8, 4) is 11.5 Å². The van der Waals surface area contributed by atoms with E-state index in [-0.39, 0.29) is 5.91 Å². The lowest BCUT2D eigenvalue weighted by Crippen LogP contribution is -2.23. The molecular formula is C19H21NO3. The van der Waals surface area contributed by atoms with Gasteiger partial charge in [0.1, 0.15) is 13.2 Å². The Morgan fingerprint density at radius 3 is 2.70 bits per heavy atom. The average Bonchev–Trinajstić information content (AvgIpc) is 2.58. The van der Waals surface area contributed by atoms with Gasteiger partial charge in [-0.3, -0.25) is 4.79 Å². The zero-order valence-electron chi connectivity index (χ0n) is 13.3. The Morgan fingerprint density at radius 2 is 1.87 bits per heavy atom. The van der Waals surface area contributed by atoms with Crippen molar-refractivity contribution in [3.63, 3.8) is 0 Å². The maximum atomic E-state index is 12.0. The van der Waals surface area contributed by atoms with Crippen LogP contribution in [0.5, 0.6) is 11.5 Å². The summed E-state index contributed by atoms with van der Waals surface area (Å²) in [5, 5.41) is 2.96. The lowest BCUT2D eigenvalue weighted by Gasteiger charge is -2.19. The van der Waals surface area contributed by atoms with Crippen molar-refractivity contribution in [1.29, 1.82) is 0 Å². The molecule has 23 heavy (non-hydrogen) atoms. The molecule has 3 rings (SSSR count). The molecule has 4 nitrogen and oxygen atoms in total. The largest absolute Gasteiger partial charge is 0.486 e. The molecule has 0 spiro atoms. The van der Waals surface area contributed by atoms with Crippen LogP contribution in [0.15, 0.2) is 42.5 Å². The Hall–Kier alpha value is -2.49. The number of amides is 1. The van der Waals surface area contributed by atoms with Crippen molar-refractivity contribution in [2.75, 3.05) is 13.2 Å². The van der Waals surface area contributed by atoms with Gasteiger partial charge in [-0.25, -0.2) is 0 Å². The zero-order chi connectivity index (χ0) is 16.1. The molecule has 2 aromatic carbocycles. The van der Waals surface area contributed by atoms with E-state index >= 15 is 0 Å². The summed E-state index contributed by atoms with van der Waals surface area (Å²) in [6.45, 7) is 3.72. The predicted octanol–water partition coefficient (Wildman–Crippen LogP) is 3.02. The first-order valence-corrected chi connectivity index (χ1v) is 7.91. The normalized spacial score (nSPS) is 12.7.